The van der Waals surface area contributed by atoms with Crippen molar-refractivity contribution >= 4 is 35.1 Å². The number of nitrogens with two attached hydrogens (primary N) is 1. The molecule has 2 aromatic carbocycles. The number of nitrogens with one attached hydrogen (secondary N) is 2. The maximum absolute atomic E-state index is 13.8. The summed E-state index contributed by atoms with van der Waals surface area (Å²) in [6.07, 6.45) is 1.67. The fraction of sp³-hybridized carbons (Fsp3) is 0.176. The van der Waals surface area contributed by atoms with Gasteiger partial charge in [0.15, 0.2) is 17.7 Å². The van der Waals surface area contributed by atoms with E-state index in [-0.39, 0.29) is 11.7 Å². The number of rotatable bonds is 7. The van der Waals surface area contributed by atoms with Gasteiger partial charge in [0.05, 0.1) is 11.6 Å². The van der Waals surface area contributed by atoms with Crippen molar-refractivity contribution in [2.45, 2.75) is 13.5 Å². The summed E-state index contributed by atoms with van der Waals surface area (Å²) >= 11 is 10.7. The summed E-state index contributed by atoms with van der Waals surface area (Å²) in [6, 6.07) is 9.81. The van der Waals surface area contributed by atoms with Crippen LogP contribution in [-0.2, 0) is 6.61 Å². The number of ether oxygens (including phenoxy) is 2. The Labute approximate surface area is 155 Å². The Morgan fingerprint density at radius 1 is 1.32 bits per heavy atom. The Morgan fingerprint density at radius 2 is 2.12 bits per heavy atom. The molecule has 0 aliphatic heterocycles. The number of halogens is 2. The van der Waals surface area contributed by atoms with Crippen molar-refractivity contribution in [1.29, 1.82) is 0 Å². The zero-order valence-corrected chi connectivity index (χ0v) is 15.1. The fourth-order valence-electron chi connectivity index (χ4n) is 2.01. The van der Waals surface area contributed by atoms with Gasteiger partial charge in [0, 0.05) is 11.1 Å². The van der Waals surface area contributed by atoms with Crippen LogP contribution in [-0.4, -0.2) is 17.9 Å². The molecule has 4 N–H and O–H groups in total. The van der Waals surface area contributed by atoms with Crippen molar-refractivity contribution in [3.63, 3.8) is 0 Å². The summed E-state index contributed by atoms with van der Waals surface area (Å²) < 4.78 is 25.1. The summed E-state index contributed by atoms with van der Waals surface area (Å²) in [6.45, 7) is 2.31. The van der Waals surface area contributed by atoms with Crippen LogP contribution in [0.5, 0.6) is 11.5 Å². The van der Waals surface area contributed by atoms with E-state index in [4.69, 9.17) is 39.0 Å². The maximum atomic E-state index is 13.8. The molecule has 0 aromatic heterocycles. The van der Waals surface area contributed by atoms with Crippen LogP contribution in [0.2, 0.25) is 5.02 Å². The molecule has 8 heteroatoms. The molecule has 0 atom stereocenters. The lowest BCUT2D eigenvalue weighted by molar-refractivity contribution is -0.499. The van der Waals surface area contributed by atoms with Crippen molar-refractivity contribution in [2.24, 2.45) is 5.73 Å². The van der Waals surface area contributed by atoms with Gasteiger partial charge < -0.3 is 15.2 Å². The van der Waals surface area contributed by atoms with E-state index in [9.17, 15) is 4.39 Å². The molecule has 0 saturated carbocycles. The molecular formula is C17H18ClFN3O2S+. The van der Waals surface area contributed by atoms with E-state index in [1.54, 1.807) is 36.5 Å². The van der Waals surface area contributed by atoms with E-state index >= 15 is 0 Å². The van der Waals surface area contributed by atoms with Crippen LogP contribution in [0, 0.1) is 5.82 Å². The summed E-state index contributed by atoms with van der Waals surface area (Å²) in [5.74, 6) is 0.602. The Kier molecular flexibility index (Phi) is 6.97. The lowest BCUT2D eigenvalue weighted by Crippen LogP contribution is -2.82. The van der Waals surface area contributed by atoms with Gasteiger partial charge in [0.25, 0.3) is 0 Å². The standard InChI is InChI=1S/C17H17ClFN3O2S/c1-2-23-16-8-11(9-21-22-17(20)25)6-7-15(16)24-10-12-13(18)4-3-5-14(12)19/h3-9H,2,10H2,1H3,(H3,20,22,25)/p+1. The number of hydrogen-bond acceptors (Lipinski definition) is 3. The van der Waals surface area contributed by atoms with E-state index < -0.39 is 5.82 Å². The van der Waals surface area contributed by atoms with Crippen molar-refractivity contribution in [1.82, 2.24) is 5.43 Å². The molecule has 0 fully saturated rings. The first-order valence-corrected chi connectivity index (χ1v) is 8.26. The normalized spacial score (nSPS) is 10.7. The van der Waals surface area contributed by atoms with Crippen molar-refractivity contribution < 1.29 is 19.0 Å². The highest BCUT2D eigenvalue weighted by atomic mass is 35.5. The molecule has 132 valence electrons. The van der Waals surface area contributed by atoms with Crippen molar-refractivity contribution in [3.8, 4) is 11.5 Å². The molecule has 0 unspecified atom stereocenters. The summed E-state index contributed by atoms with van der Waals surface area (Å²) in [4.78, 5) is 0. The number of hydrogen-bond donors (Lipinski definition) is 3. The minimum Gasteiger partial charge on any atom is -0.490 e. The second kappa shape index (κ2) is 9.19. The number of hydrazine groups is 1. The summed E-state index contributed by atoms with van der Waals surface area (Å²) in [5, 5.41) is 3.20. The molecule has 0 aliphatic carbocycles. The molecule has 0 heterocycles. The van der Waals surface area contributed by atoms with Gasteiger partial charge in [-0.1, -0.05) is 17.7 Å². The zero-order valence-electron chi connectivity index (χ0n) is 13.5. The van der Waals surface area contributed by atoms with Crippen LogP contribution in [0.1, 0.15) is 18.1 Å². The Morgan fingerprint density at radius 3 is 2.80 bits per heavy atom. The molecule has 0 aliphatic rings. The lowest BCUT2D eigenvalue weighted by Gasteiger charge is -2.13. The van der Waals surface area contributed by atoms with Gasteiger partial charge in [0.2, 0.25) is 5.11 Å². The van der Waals surface area contributed by atoms with Crippen LogP contribution in [0.4, 0.5) is 4.39 Å². The molecule has 0 spiro atoms. The van der Waals surface area contributed by atoms with E-state index in [0.29, 0.717) is 28.7 Å². The first-order chi connectivity index (χ1) is 12.0. The van der Waals surface area contributed by atoms with Gasteiger partial charge in [-0.2, -0.15) is 0 Å². The second-order valence-electron chi connectivity index (χ2n) is 4.91. The van der Waals surface area contributed by atoms with E-state index in [1.807, 2.05) is 6.92 Å². The highest BCUT2D eigenvalue weighted by Crippen LogP contribution is 2.30. The topological polar surface area (TPSA) is 70.5 Å². The van der Waals surface area contributed by atoms with Gasteiger partial charge in [-0.3, -0.25) is 0 Å². The van der Waals surface area contributed by atoms with E-state index in [2.05, 4.69) is 10.5 Å². The highest BCUT2D eigenvalue weighted by molar-refractivity contribution is 7.80. The first kappa shape index (κ1) is 19.0. The van der Waals surface area contributed by atoms with Crippen LogP contribution < -0.4 is 25.7 Å². The van der Waals surface area contributed by atoms with Gasteiger partial charge in [-0.15, -0.1) is 10.5 Å². The average molecular weight is 383 g/mol. The molecule has 2 aromatic rings. The van der Waals surface area contributed by atoms with Gasteiger partial charge >= 0.3 is 0 Å². The molecule has 5 nitrogen and oxygen atoms in total. The molecule has 2 rings (SSSR count). The highest BCUT2D eigenvalue weighted by Gasteiger charge is 2.11. The molecule has 0 radical (unpaired) electrons. The fourth-order valence-corrected chi connectivity index (χ4v) is 2.29. The minimum absolute atomic E-state index is 0.00408. The molecule has 0 bridgehead atoms. The van der Waals surface area contributed by atoms with E-state index in [0.717, 1.165) is 5.56 Å². The average Bonchev–Trinajstić information content (AvgIpc) is 2.56. The summed E-state index contributed by atoms with van der Waals surface area (Å²) in [7, 11) is 0. The molecule has 0 saturated heterocycles. The third kappa shape index (κ3) is 5.58. The molecule has 0 amide bonds. The third-order valence-corrected chi connectivity index (χ3v) is 3.59. The van der Waals surface area contributed by atoms with Gasteiger partial charge in [0.1, 0.15) is 12.4 Å². The molecular weight excluding hydrogens is 365 g/mol. The van der Waals surface area contributed by atoms with Crippen LogP contribution in [0.3, 0.4) is 0 Å². The van der Waals surface area contributed by atoms with Crippen LogP contribution >= 0.6 is 23.8 Å². The van der Waals surface area contributed by atoms with Crippen LogP contribution in [0.15, 0.2) is 36.4 Å². The Bertz CT molecular complexity index is 766. The monoisotopic (exact) mass is 382 g/mol. The first-order valence-electron chi connectivity index (χ1n) is 7.48. The lowest BCUT2D eigenvalue weighted by atomic mass is 10.2. The number of benzene rings is 2. The van der Waals surface area contributed by atoms with Gasteiger partial charge in [-0.25, -0.2) is 4.39 Å². The zero-order chi connectivity index (χ0) is 18.2. The van der Waals surface area contributed by atoms with E-state index in [1.165, 1.54) is 6.07 Å². The van der Waals surface area contributed by atoms with Crippen molar-refractivity contribution in [2.75, 3.05) is 6.61 Å². The van der Waals surface area contributed by atoms with Crippen LogP contribution in [0.25, 0.3) is 0 Å². The largest absolute Gasteiger partial charge is 0.490 e. The smallest absolute Gasteiger partial charge is 0.221 e. The minimum atomic E-state index is -0.413. The van der Waals surface area contributed by atoms with Crippen molar-refractivity contribution in [3.05, 3.63) is 58.4 Å². The Balaban J connectivity index is 2.16. The van der Waals surface area contributed by atoms with Gasteiger partial charge in [-0.05, 0) is 49.5 Å². The predicted octanol–water partition coefficient (Wildman–Crippen LogP) is 1.70. The summed E-state index contributed by atoms with van der Waals surface area (Å²) in [5.41, 5.74) is 9.03. The quantitative estimate of drug-likeness (QED) is 0.386. The Hall–Kier alpha value is -2.38. The number of hydrazone groups is 1. The predicted molar refractivity (Wildman–Crippen MR) is 99.4 cm³/mol. The second-order valence-corrected chi connectivity index (χ2v) is 5.75. The number of thiocarbonyl (C=S) groups is 1. The molecule has 25 heavy (non-hydrogen) atoms. The maximum Gasteiger partial charge on any atom is 0.221 e. The third-order valence-electron chi connectivity index (χ3n) is 3.14. The SMILES string of the molecule is CCOc1cc(C=[NH+]NC(N)=S)ccc1OCc1c(F)cccc1Cl.